The molecule has 1 amide bonds. The monoisotopic (exact) mass is 463 g/mol. The lowest BCUT2D eigenvalue weighted by Gasteiger charge is -2.41. The smallest absolute Gasteiger partial charge is 0.291 e. The zero-order valence-corrected chi connectivity index (χ0v) is 20.1. The van der Waals surface area contributed by atoms with E-state index in [1.165, 1.54) is 15.9 Å². The van der Waals surface area contributed by atoms with Crippen molar-refractivity contribution in [2.75, 3.05) is 24.5 Å². The van der Waals surface area contributed by atoms with E-state index in [1.54, 1.807) is 11.3 Å². The number of nitrogens with zero attached hydrogens (tertiary/aromatic N) is 5. The molecule has 1 aliphatic heterocycles. The third kappa shape index (κ3) is 4.04. The molecule has 1 saturated heterocycles. The van der Waals surface area contributed by atoms with Crippen LogP contribution in [-0.4, -0.2) is 50.7 Å². The van der Waals surface area contributed by atoms with Crippen molar-refractivity contribution in [3.8, 4) is 0 Å². The van der Waals surface area contributed by atoms with Gasteiger partial charge in [-0.2, -0.15) is 5.10 Å². The first-order valence-corrected chi connectivity index (χ1v) is 12.4. The quantitative estimate of drug-likeness (QED) is 0.451. The number of rotatable bonds is 5. The first-order valence-electron chi connectivity index (χ1n) is 11.5. The van der Waals surface area contributed by atoms with Crippen molar-refractivity contribution in [3.05, 3.63) is 63.5 Å². The third-order valence-electron chi connectivity index (χ3n) is 6.54. The van der Waals surface area contributed by atoms with Gasteiger partial charge in [0.15, 0.2) is 0 Å². The second-order valence-corrected chi connectivity index (χ2v) is 9.88. The van der Waals surface area contributed by atoms with Crippen molar-refractivity contribution >= 4 is 38.7 Å². The van der Waals surface area contributed by atoms with Crippen LogP contribution in [0.1, 0.15) is 31.2 Å². The van der Waals surface area contributed by atoms with Crippen molar-refractivity contribution in [2.24, 2.45) is 0 Å². The van der Waals surface area contributed by atoms with Gasteiger partial charge in [0.25, 0.3) is 5.56 Å². The number of aryl methyl sites for hydroxylation is 3. The predicted molar refractivity (Wildman–Crippen MR) is 133 cm³/mol. The molecule has 4 heterocycles. The lowest BCUT2D eigenvalue weighted by molar-refractivity contribution is -0.132. The lowest BCUT2D eigenvalue weighted by Crippen LogP contribution is -2.53. The van der Waals surface area contributed by atoms with Gasteiger partial charge in [-0.25, -0.2) is 4.68 Å². The lowest BCUT2D eigenvalue weighted by atomic mass is 10.1. The highest BCUT2D eigenvalue weighted by atomic mass is 32.1. The molecule has 0 aliphatic carbocycles. The summed E-state index contributed by atoms with van der Waals surface area (Å²) < 4.78 is 4.52. The van der Waals surface area contributed by atoms with Crippen molar-refractivity contribution in [1.29, 1.82) is 0 Å². The molecule has 0 spiro atoms. The molecular weight excluding hydrogens is 434 g/mol. The van der Waals surface area contributed by atoms with Gasteiger partial charge in [0.05, 0.1) is 10.2 Å². The largest absolute Gasteiger partial charge is 0.365 e. The molecule has 33 heavy (non-hydrogen) atoms. The second kappa shape index (κ2) is 8.67. The number of carbonyl (C=O) groups excluding carboxylic acids is 1. The number of hydrogen-bond donors (Lipinski definition) is 0. The fraction of sp³-hybridized carbons (Fsp3) is 0.400. The van der Waals surface area contributed by atoms with Crippen LogP contribution in [0.2, 0.25) is 0 Å². The molecule has 1 aliphatic rings. The van der Waals surface area contributed by atoms with E-state index in [0.717, 1.165) is 35.7 Å². The summed E-state index contributed by atoms with van der Waals surface area (Å²) in [6, 6.07) is 12.7. The zero-order chi connectivity index (χ0) is 23.1. The van der Waals surface area contributed by atoms with Gasteiger partial charge in [-0.1, -0.05) is 12.1 Å². The Morgan fingerprint density at radius 1 is 1.15 bits per heavy atom. The number of thiophene rings is 1. The molecule has 0 radical (unpaired) electrons. The Labute approximate surface area is 196 Å². The molecule has 7 nitrogen and oxygen atoms in total. The molecular formula is C25H29N5O2S. The van der Waals surface area contributed by atoms with Crippen LogP contribution in [0.3, 0.4) is 0 Å². The molecule has 1 atom stereocenters. The van der Waals surface area contributed by atoms with E-state index >= 15 is 0 Å². The number of carbonyl (C=O) groups is 1. The Morgan fingerprint density at radius 2 is 2.00 bits per heavy atom. The van der Waals surface area contributed by atoms with Crippen molar-refractivity contribution in [2.45, 2.75) is 46.2 Å². The van der Waals surface area contributed by atoms with E-state index in [-0.39, 0.29) is 17.5 Å². The van der Waals surface area contributed by atoms with Gasteiger partial charge in [-0.05, 0) is 62.4 Å². The molecule has 8 heteroatoms. The molecule has 0 unspecified atom stereocenters. The Bertz CT molecular complexity index is 1380. The highest BCUT2D eigenvalue weighted by Crippen LogP contribution is 2.25. The standard InChI is InChI=1S/C25H29N5O2S/c1-17-6-4-7-20(14-17)28-12-11-27(16-18(28)2)24(31)8-5-10-29-25(32)22-15-23-21(9-13-33-23)30(22)19(3)26-29/h4,6-7,9,13-15,18H,5,8,10-12,16H2,1-3H3/t18-/m1/s1. The maximum Gasteiger partial charge on any atom is 0.291 e. The van der Waals surface area contributed by atoms with Crippen LogP contribution < -0.4 is 10.5 Å². The maximum atomic E-state index is 12.9. The minimum Gasteiger partial charge on any atom is -0.365 e. The topological polar surface area (TPSA) is 62.9 Å². The Balaban J connectivity index is 1.21. The highest BCUT2D eigenvalue weighted by molar-refractivity contribution is 7.17. The van der Waals surface area contributed by atoms with Crippen LogP contribution in [0.15, 0.2) is 46.6 Å². The van der Waals surface area contributed by atoms with Gasteiger partial charge < -0.3 is 9.80 Å². The van der Waals surface area contributed by atoms with E-state index in [1.807, 2.05) is 33.7 Å². The Hall–Kier alpha value is -3.13. The molecule has 1 aromatic carbocycles. The number of benzene rings is 1. The zero-order valence-electron chi connectivity index (χ0n) is 19.3. The summed E-state index contributed by atoms with van der Waals surface area (Å²) in [7, 11) is 0. The summed E-state index contributed by atoms with van der Waals surface area (Å²) in [6.07, 6.45) is 1.02. The fourth-order valence-electron chi connectivity index (χ4n) is 4.89. The maximum absolute atomic E-state index is 12.9. The van der Waals surface area contributed by atoms with Crippen LogP contribution in [0, 0.1) is 13.8 Å². The molecule has 0 N–H and O–H groups in total. The summed E-state index contributed by atoms with van der Waals surface area (Å²) >= 11 is 1.62. The number of amides is 1. The van der Waals surface area contributed by atoms with E-state index in [2.05, 4.69) is 48.1 Å². The van der Waals surface area contributed by atoms with Gasteiger partial charge in [-0.15, -0.1) is 11.3 Å². The average molecular weight is 464 g/mol. The summed E-state index contributed by atoms with van der Waals surface area (Å²) in [6.45, 7) is 8.91. The normalized spacial score (nSPS) is 16.8. The van der Waals surface area contributed by atoms with Crippen LogP contribution >= 0.6 is 11.3 Å². The molecule has 172 valence electrons. The summed E-state index contributed by atoms with van der Waals surface area (Å²) in [5.74, 6) is 0.935. The Kier molecular flexibility index (Phi) is 5.70. The SMILES string of the molecule is Cc1cccc(N2CCN(C(=O)CCCn3nc(C)n4c(cc5sccc54)c3=O)C[C@H]2C)c1. The number of hydrogen-bond acceptors (Lipinski definition) is 5. The molecule has 0 bridgehead atoms. The number of fused-ring (bicyclic) bond motifs is 3. The van der Waals surface area contributed by atoms with Gasteiger partial charge in [0.2, 0.25) is 5.91 Å². The fourth-order valence-corrected chi connectivity index (χ4v) is 5.70. The van der Waals surface area contributed by atoms with E-state index < -0.39 is 0 Å². The van der Waals surface area contributed by atoms with E-state index in [4.69, 9.17) is 0 Å². The Morgan fingerprint density at radius 3 is 2.79 bits per heavy atom. The minimum absolute atomic E-state index is 0.100. The summed E-state index contributed by atoms with van der Waals surface area (Å²) in [4.78, 5) is 30.2. The van der Waals surface area contributed by atoms with Crippen molar-refractivity contribution < 1.29 is 4.79 Å². The van der Waals surface area contributed by atoms with Gasteiger partial charge in [0.1, 0.15) is 11.3 Å². The molecule has 5 rings (SSSR count). The van der Waals surface area contributed by atoms with Gasteiger partial charge in [-0.3, -0.25) is 14.0 Å². The highest BCUT2D eigenvalue weighted by Gasteiger charge is 2.26. The summed E-state index contributed by atoms with van der Waals surface area (Å²) in [5, 5.41) is 6.54. The van der Waals surface area contributed by atoms with Crippen LogP contribution in [0.5, 0.6) is 0 Å². The first kappa shape index (κ1) is 21.7. The van der Waals surface area contributed by atoms with Gasteiger partial charge >= 0.3 is 0 Å². The predicted octanol–water partition coefficient (Wildman–Crippen LogP) is 3.85. The van der Waals surface area contributed by atoms with Crippen molar-refractivity contribution in [3.63, 3.8) is 0 Å². The molecule has 3 aromatic heterocycles. The minimum atomic E-state index is -0.100. The molecule has 4 aromatic rings. The van der Waals surface area contributed by atoms with E-state index in [9.17, 15) is 9.59 Å². The number of anilines is 1. The third-order valence-corrected chi connectivity index (χ3v) is 7.39. The first-order chi connectivity index (χ1) is 15.9. The van der Waals surface area contributed by atoms with Crippen LogP contribution in [-0.2, 0) is 11.3 Å². The van der Waals surface area contributed by atoms with Crippen molar-refractivity contribution in [1.82, 2.24) is 19.1 Å². The summed E-state index contributed by atoms with van der Waals surface area (Å²) in [5.41, 5.74) is 4.04. The van der Waals surface area contributed by atoms with Crippen LogP contribution in [0.4, 0.5) is 5.69 Å². The van der Waals surface area contributed by atoms with E-state index in [0.29, 0.717) is 24.9 Å². The number of aromatic nitrogens is 3. The number of piperazine rings is 1. The second-order valence-electron chi connectivity index (χ2n) is 8.94. The molecule has 1 fully saturated rings. The average Bonchev–Trinajstić information content (AvgIpc) is 3.38. The molecule has 0 saturated carbocycles. The van der Waals surface area contributed by atoms with Crippen LogP contribution in [0.25, 0.3) is 15.7 Å². The van der Waals surface area contributed by atoms with Gasteiger partial charge in [0, 0.05) is 44.3 Å².